The lowest BCUT2D eigenvalue weighted by atomic mass is 9.86. The Labute approximate surface area is 107 Å². The van der Waals surface area contributed by atoms with Gasteiger partial charge >= 0.3 is 0 Å². The van der Waals surface area contributed by atoms with Gasteiger partial charge in [-0.05, 0) is 16.5 Å². The summed E-state index contributed by atoms with van der Waals surface area (Å²) in [6.45, 7) is 8.06. The van der Waals surface area contributed by atoms with Crippen LogP contribution in [0.1, 0.15) is 43.9 Å². The Morgan fingerprint density at radius 3 is 2.22 bits per heavy atom. The number of ketones is 1. The van der Waals surface area contributed by atoms with Crippen LogP contribution in [0.15, 0.2) is 30.5 Å². The first kappa shape index (κ1) is 12.6. The van der Waals surface area contributed by atoms with E-state index in [1.165, 1.54) is 12.5 Å². The molecule has 18 heavy (non-hydrogen) atoms. The molecule has 0 radical (unpaired) electrons. The van der Waals surface area contributed by atoms with Crippen LogP contribution in [0.2, 0.25) is 0 Å². The maximum atomic E-state index is 11.2. The third-order valence-electron chi connectivity index (χ3n) is 2.97. The van der Waals surface area contributed by atoms with Crippen LogP contribution in [0.25, 0.3) is 11.3 Å². The maximum Gasteiger partial charge on any atom is 0.194 e. The van der Waals surface area contributed by atoms with Gasteiger partial charge in [0.1, 0.15) is 0 Å². The standard InChI is InChI=1S/C15H18N2O/c1-10(18)14-16-9-13(17-14)11-5-7-12(8-6-11)15(2,3)4/h5-9H,1-4H3,(H,16,17). The second-order valence-electron chi connectivity index (χ2n) is 5.53. The molecule has 0 aliphatic rings. The minimum atomic E-state index is -0.0486. The third-order valence-corrected chi connectivity index (χ3v) is 2.97. The molecule has 1 N–H and O–H groups in total. The van der Waals surface area contributed by atoms with Gasteiger partial charge in [0, 0.05) is 6.92 Å². The quantitative estimate of drug-likeness (QED) is 0.818. The molecule has 0 saturated heterocycles. The Balaban J connectivity index is 2.31. The first-order valence-corrected chi connectivity index (χ1v) is 6.05. The molecule has 0 aliphatic carbocycles. The van der Waals surface area contributed by atoms with E-state index in [9.17, 15) is 4.79 Å². The van der Waals surface area contributed by atoms with Gasteiger partial charge < -0.3 is 4.98 Å². The average Bonchev–Trinajstić information content (AvgIpc) is 2.77. The number of aromatic nitrogens is 2. The van der Waals surface area contributed by atoms with E-state index in [-0.39, 0.29) is 11.2 Å². The molecule has 3 nitrogen and oxygen atoms in total. The van der Waals surface area contributed by atoms with Crippen molar-refractivity contribution in [1.29, 1.82) is 0 Å². The largest absolute Gasteiger partial charge is 0.336 e. The Kier molecular flexibility index (Phi) is 3.07. The number of nitrogens with zero attached hydrogens (tertiary/aromatic N) is 1. The van der Waals surface area contributed by atoms with Crippen LogP contribution in [0.3, 0.4) is 0 Å². The highest BCUT2D eigenvalue weighted by molar-refractivity contribution is 5.91. The lowest BCUT2D eigenvalue weighted by Crippen LogP contribution is -2.10. The molecule has 0 bridgehead atoms. The minimum absolute atomic E-state index is 0.0486. The van der Waals surface area contributed by atoms with E-state index in [1.54, 1.807) is 6.20 Å². The summed E-state index contributed by atoms with van der Waals surface area (Å²) in [6.07, 6.45) is 1.70. The van der Waals surface area contributed by atoms with Crippen molar-refractivity contribution >= 4 is 5.78 Å². The van der Waals surface area contributed by atoms with E-state index in [0.29, 0.717) is 5.82 Å². The minimum Gasteiger partial charge on any atom is -0.336 e. The van der Waals surface area contributed by atoms with E-state index < -0.39 is 0 Å². The number of carbonyl (C=O) groups is 1. The number of carbonyl (C=O) groups excluding carboxylic acids is 1. The first-order chi connectivity index (χ1) is 8.38. The van der Waals surface area contributed by atoms with E-state index in [2.05, 4.69) is 55.0 Å². The van der Waals surface area contributed by atoms with E-state index in [0.717, 1.165) is 11.3 Å². The van der Waals surface area contributed by atoms with E-state index in [1.807, 2.05) is 0 Å². The zero-order valence-corrected chi connectivity index (χ0v) is 11.2. The van der Waals surface area contributed by atoms with E-state index >= 15 is 0 Å². The van der Waals surface area contributed by atoms with Crippen molar-refractivity contribution in [2.45, 2.75) is 33.1 Å². The molecule has 1 aromatic carbocycles. The number of hydrogen-bond acceptors (Lipinski definition) is 2. The van der Waals surface area contributed by atoms with Crippen LogP contribution >= 0.6 is 0 Å². The molecule has 94 valence electrons. The Morgan fingerprint density at radius 1 is 1.17 bits per heavy atom. The van der Waals surface area contributed by atoms with Crippen LogP contribution in [-0.2, 0) is 5.41 Å². The second-order valence-corrected chi connectivity index (χ2v) is 5.53. The molecule has 1 heterocycles. The molecule has 0 amide bonds. The lowest BCUT2D eigenvalue weighted by molar-refractivity contribution is 0.100. The summed E-state index contributed by atoms with van der Waals surface area (Å²) in [5.41, 5.74) is 3.36. The highest BCUT2D eigenvalue weighted by Gasteiger charge is 2.13. The number of H-pyrrole nitrogens is 1. The van der Waals surface area contributed by atoms with Crippen molar-refractivity contribution in [3.05, 3.63) is 41.9 Å². The van der Waals surface area contributed by atoms with Crippen molar-refractivity contribution in [2.75, 3.05) is 0 Å². The van der Waals surface area contributed by atoms with Gasteiger partial charge in [-0.15, -0.1) is 0 Å². The summed E-state index contributed by atoms with van der Waals surface area (Å²) >= 11 is 0. The zero-order chi connectivity index (χ0) is 13.3. The molecule has 1 aromatic heterocycles. The fourth-order valence-electron chi connectivity index (χ4n) is 1.80. The summed E-state index contributed by atoms with van der Waals surface area (Å²) in [4.78, 5) is 18.3. The van der Waals surface area contributed by atoms with Crippen molar-refractivity contribution in [3.63, 3.8) is 0 Å². The molecule has 2 rings (SSSR count). The Hall–Kier alpha value is -1.90. The maximum absolute atomic E-state index is 11.2. The third kappa shape index (κ3) is 2.50. The summed E-state index contributed by atoms with van der Waals surface area (Å²) in [5, 5.41) is 0. The number of aromatic amines is 1. The van der Waals surface area contributed by atoms with Gasteiger partial charge in [0.25, 0.3) is 0 Å². The number of rotatable bonds is 2. The molecule has 0 atom stereocenters. The van der Waals surface area contributed by atoms with Gasteiger partial charge in [0.15, 0.2) is 11.6 Å². The first-order valence-electron chi connectivity index (χ1n) is 6.05. The molecular formula is C15H18N2O. The molecule has 2 aromatic rings. The van der Waals surface area contributed by atoms with Crippen molar-refractivity contribution in [3.8, 4) is 11.3 Å². The van der Waals surface area contributed by atoms with Crippen LogP contribution < -0.4 is 0 Å². The summed E-state index contributed by atoms with van der Waals surface area (Å²) in [7, 11) is 0. The highest BCUT2D eigenvalue weighted by Crippen LogP contribution is 2.25. The molecular weight excluding hydrogens is 224 g/mol. The predicted octanol–water partition coefficient (Wildman–Crippen LogP) is 3.58. The van der Waals surface area contributed by atoms with Crippen LogP contribution in [0.4, 0.5) is 0 Å². The highest BCUT2D eigenvalue weighted by atomic mass is 16.1. The van der Waals surface area contributed by atoms with E-state index in [4.69, 9.17) is 0 Å². The molecule has 0 spiro atoms. The Bertz CT molecular complexity index is 559. The predicted molar refractivity (Wildman–Crippen MR) is 72.7 cm³/mol. The summed E-state index contributed by atoms with van der Waals surface area (Å²) < 4.78 is 0. The fraction of sp³-hybridized carbons (Fsp3) is 0.333. The van der Waals surface area contributed by atoms with Crippen LogP contribution in [0.5, 0.6) is 0 Å². The second kappa shape index (κ2) is 4.41. The van der Waals surface area contributed by atoms with Gasteiger partial charge in [-0.1, -0.05) is 45.0 Å². The van der Waals surface area contributed by atoms with Crippen LogP contribution in [-0.4, -0.2) is 15.8 Å². The lowest BCUT2D eigenvalue weighted by Gasteiger charge is -2.18. The van der Waals surface area contributed by atoms with Gasteiger partial charge in [-0.2, -0.15) is 0 Å². The molecule has 0 unspecified atom stereocenters. The van der Waals surface area contributed by atoms with Crippen LogP contribution in [0, 0.1) is 0 Å². The monoisotopic (exact) mass is 242 g/mol. The van der Waals surface area contributed by atoms with Gasteiger partial charge in [0.05, 0.1) is 11.9 Å². The number of nitrogens with one attached hydrogen (secondary N) is 1. The van der Waals surface area contributed by atoms with Crippen molar-refractivity contribution < 1.29 is 4.79 Å². The van der Waals surface area contributed by atoms with Gasteiger partial charge in [-0.3, -0.25) is 4.79 Å². The molecule has 0 fully saturated rings. The van der Waals surface area contributed by atoms with Crippen molar-refractivity contribution in [1.82, 2.24) is 9.97 Å². The number of hydrogen-bond donors (Lipinski definition) is 1. The molecule has 0 saturated carbocycles. The Morgan fingerprint density at radius 2 is 1.78 bits per heavy atom. The number of benzene rings is 1. The summed E-state index contributed by atoms with van der Waals surface area (Å²) in [6, 6.07) is 8.34. The zero-order valence-electron chi connectivity index (χ0n) is 11.2. The normalized spacial score (nSPS) is 11.6. The SMILES string of the molecule is CC(=O)c1ncc(-c2ccc(C(C)(C)C)cc2)[nH]1. The number of Topliss-reactive ketones (excluding diaryl/α,β-unsaturated/α-hetero) is 1. The topological polar surface area (TPSA) is 45.8 Å². The fourth-order valence-corrected chi connectivity index (χ4v) is 1.80. The molecule has 0 aliphatic heterocycles. The van der Waals surface area contributed by atoms with Gasteiger partial charge in [0.2, 0.25) is 0 Å². The summed E-state index contributed by atoms with van der Waals surface area (Å²) in [5.74, 6) is 0.359. The van der Waals surface area contributed by atoms with Crippen molar-refractivity contribution in [2.24, 2.45) is 0 Å². The number of imidazole rings is 1. The smallest absolute Gasteiger partial charge is 0.194 e. The molecule has 3 heteroatoms. The van der Waals surface area contributed by atoms with Gasteiger partial charge in [-0.25, -0.2) is 4.98 Å². The average molecular weight is 242 g/mol.